The molecule has 27 heavy (non-hydrogen) atoms. The van der Waals surface area contributed by atoms with Crippen molar-refractivity contribution in [2.75, 3.05) is 24.5 Å². The Morgan fingerprint density at radius 3 is 2.89 bits per heavy atom. The van der Waals surface area contributed by atoms with Crippen LogP contribution in [0.15, 0.2) is 30.3 Å². The standard InChI is InChI=1S/C21H23N5O/c22-13-16-7-4-12-26(14-16)20-17-10-11-23-21(27)19(17)24-18(25-20)9-8-15-5-2-1-3-6-15/h1-3,5-6,16H,4,7-12,14H2,(H,23,27). The van der Waals surface area contributed by atoms with E-state index in [0.717, 1.165) is 43.6 Å². The molecule has 4 rings (SSSR count). The van der Waals surface area contributed by atoms with Crippen LogP contribution in [0.1, 0.15) is 40.3 Å². The van der Waals surface area contributed by atoms with E-state index >= 15 is 0 Å². The number of amides is 1. The first-order valence-electron chi connectivity index (χ1n) is 9.61. The first-order valence-corrected chi connectivity index (χ1v) is 9.61. The summed E-state index contributed by atoms with van der Waals surface area (Å²) in [6.07, 6.45) is 4.17. The summed E-state index contributed by atoms with van der Waals surface area (Å²) in [6, 6.07) is 12.6. The van der Waals surface area contributed by atoms with E-state index in [1.165, 1.54) is 5.56 Å². The smallest absolute Gasteiger partial charge is 0.270 e. The molecular weight excluding hydrogens is 338 g/mol. The highest BCUT2D eigenvalue weighted by Crippen LogP contribution is 2.28. The molecular formula is C21H23N5O. The monoisotopic (exact) mass is 361 g/mol. The van der Waals surface area contributed by atoms with Gasteiger partial charge in [0, 0.05) is 31.6 Å². The molecule has 0 spiro atoms. The molecule has 1 fully saturated rings. The number of hydrogen-bond acceptors (Lipinski definition) is 5. The molecule has 0 saturated carbocycles. The van der Waals surface area contributed by atoms with Crippen LogP contribution in [0.2, 0.25) is 0 Å². The highest BCUT2D eigenvalue weighted by Gasteiger charge is 2.29. The van der Waals surface area contributed by atoms with Crippen molar-refractivity contribution in [1.29, 1.82) is 5.26 Å². The normalized spacial score (nSPS) is 19.1. The molecule has 0 aliphatic carbocycles. The Balaban J connectivity index is 1.65. The number of aryl methyl sites for hydroxylation is 2. The maximum Gasteiger partial charge on any atom is 0.270 e. The lowest BCUT2D eigenvalue weighted by Gasteiger charge is -2.33. The van der Waals surface area contributed by atoms with Gasteiger partial charge >= 0.3 is 0 Å². The molecule has 1 amide bonds. The van der Waals surface area contributed by atoms with Crippen LogP contribution in [0.5, 0.6) is 0 Å². The zero-order valence-electron chi connectivity index (χ0n) is 15.3. The lowest BCUT2D eigenvalue weighted by Crippen LogP contribution is -2.39. The molecule has 2 aliphatic rings. The van der Waals surface area contributed by atoms with E-state index in [4.69, 9.17) is 4.98 Å². The summed E-state index contributed by atoms with van der Waals surface area (Å²) in [4.78, 5) is 24.0. The molecule has 1 aromatic heterocycles. The van der Waals surface area contributed by atoms with Crippen molar-refractivity contribution in [1.82, 2.24) is 15.3 Å². The van der Waals surface area contributed by atoms with Crippen LogP contribution < -0.4 is 10.2 Å². The summed E-state index contributed by atoms with van der Waals surface area (Å²) < 4.78 is 0. The van der Waals surface area contributed by atoms with Crippen LogP contribution >= 0.6 is 0 Å². The lowest BCUT2D eigenvalue weighted by molar-refractivity contribution is 0.0940. The van der Waals surface area contributed by atoms with Crippen LogP contribution in [0, 0.1) is 17.2 Å². The van der Waals surface area contributed by atoms with Gasteiger partial charge in [0.25, 0.3) is 5.91 Å². The highest BCUT2D eigenvalue weighted by atomic mass is 16.1. The molecule has 1 atom stereocenters. The number of hydrogen-bond donors (Lipinski definition) is 1. The summed E-state index contributed by atoms with van der Waals surface area (Å²) in [6.45, 7) is 2.17. The third-order valence-corrected chi connectivity index (χ3v) is 5.29. The van der Waals surface area contributed by atoms with Gasteiger partial charge in [-0.25, -0.2) is 9.97 Å². The molecule has 1 saturated heterocycles. The van der Waals surface area contributed by atoms with Crippen molar-refractivity contribution < 1.29 is 4.79 Å². The van der Waals surface area contributed by atoms with Gasteiger partial charge in [0.1, 0.15) is 17.3 Å². The quantitative estimate of drug-likeness (QED) is 0.903. The van der Waals surface area contributed by atoms with Gasteiger partial charge in [0.15, 0.2) is 0 Å². The van der Waals surface area contributed by atoms with Gasteiger partial charge in [-0.1, -0.05) is 30.3 Å². The van der Waals surface area contributed by atoms with E-state index < -0.39 is 0 Å². The average Bonchev–Trinajstić information content (AvgIpc) is 2.73. The number of carbonyl (C=O) groups excluding carboxylic acids is 1. The van der Waals surface area contributed by atoms with Gasteiger partial charge in [-0.2, -0.15) is 5.26 Å². The third kappa shape index (κ3) is 3.77. The van der Waals surface area contributed by atoms with Crippen LogP contribution in [0.4, 0.5) is 5.82 Å². The van der Waals surface area contributed by atoms with Gasteiger partial charge in [0.2, 0.25) is 0 Å². The SMILES string of the molecule is N#CC1CCCN(c2nc(CCc3ccccc3)nc3c2CCNC3=O)C1. The Morgan fingerprint density at radius 1 is 1.22 bits per heavy atom. The van der Waals surface area contributed by atoms with Gasteiger partial charge in [-0.3, -0.25) is 4.79 Å². The minimum atomic E-state index is -0.116. The zero-order valence-corrected chi connectivity index (χ0v) is 15.3. The molecule has 138 valence electrons. The van der Waals surface area contributed by atoms with E-state index in [1.807, 2.05) is 18.2 Å². The Kier molecular flexibility index (Phi) is 5.01. The molecule has 0 radical (unpaired) electrons. The predicted octanol–water partition coefficient (Wildman–Crippen LogP) is 2.29. The van der Waals surface area contributed by atoms with Crippen molar-refractivity contribution in [2.24, 2.45) is 5.92 Å². The molecule has 0 bridgehead atoms. The fourth-order valence-electron chi connectivity index (χ4n) is 3.87. The number of carbonyl (C=O) groups is 1. The second-order valence-electron chi connectivity index (χ2n) is 7.20. The Bertz CT molecular complexity index is 874. The minimum Gasteiger partial charge on any atom is -0.355 e. The van der Waals surface area contributed by atoms with E-state index in [1.54, 1.807) is 0 Å². The third-order valence-electron chi connectivity index (χ3n) is 5.29. The Labute approximate surface area is 159 Å². The maximum absolute atomic E-state index is 12.4. The van der Waals surface area contributed by atoms with Gasteiger partial charge in [-0.05, 0) is 31.2 Å². The number of aromatic nitrogens is 2. The predicted molar refractivity (Wildman–Crippen MR) is 102 cm³/mol. The summed E-state index contributed by atoms with van der Waals surface area (Å²) in [5.41, 5.74) is 2.67. The number of anilines is 1. The second-order valence-corrected chi connectivity index (χ2v) is 7.20. The Morgan fingerprint density at radius 2 is 2.07 bits per heavy atom. The van der Waals surface area contributed by atoms with Crippen LogP contribution in [-0.2, 0) is 19.3 Å². The topological polar surface area (TPSA) is 81.9 Å². The van der Waals surface area contributed by atoms with Crippen LogP contribution in [-0.4, -0.2) is 35.5 Å². The fourth-order valence-corrected chi connectivity index (χ4v) is 3.87. The van der Waals surface area contributed by atoms with E-state index in [9.17, 15) is 10.1 Å². The number of rotatable bonds is 4. The summed E-state index contributed by atoms with van der Waals surface area (Å²) in [7, 11) is 0. The largest absolute Gasteiger partial charge is 0.355 e. The highest BCUT2D eigenvalue weighted by molar-refractivity contribution is 5.96. The number of nitrogens with one attached hydrogen (secondary N) is 1. The van der Waals surface area contributed by atoms with E-state index in [2.05, 4.69) is 33.4 Å². The van der Waals surface area contributed by atoms with Gasteiger partial charge in [-0.15, -0.1) is 0 Å². The summed E-state index contributed by atoms with van der Waals surface area (Å²) >= 11 is 0. The van der Waals surface area contributed by atoms with Crippen molar-refractivity contribution in [3.8, 4) is 6.07 Å². The molecule has 6 nitrogen and oxygen atoms in total. The van der Waals surface area contributed by atoms with Crippen molar-refractivity contribution in [3.63, 3.8) is 0 Å². The molecule has 1 N–H and O–H groups in total. The van der Waals surface area contributed by atoms with Crippen LogP contribution in [0.25, 0.3) is 0 Å². The van der Waals surface area contributed by atoms with Gasteiger partial charge < -0.3 is 10.2 Å². The number of benzene rings is 1. The van der Waals surface area contributed by atoms with Crippen LogP contribution in [0.3, 0.4) is 0 Å². The molecule has 2 aliphatic heterocycles. The molecule has 1 unspecified atom stereocenters. The number of piperidine rings is 1. The number of nitriles is 1. The average molecular weight is 361 g/mol. The van der Waals surface area contributed by atoms with Crippen molar-refractivity contribution in [2.45, 2.75) is 32.1 Å². The Hall–Kier alpha value is -2.94. The number of fused-ring (bicyclic) bond motifs is 1. The lowest BCUT2D eigenvalue weighted by atomic mass is 9.98. The fraction of sp³-hybridized carbons (Fsp3) is 0.429. The first kappa shape index (κ1) is 17.5. The molecule has 2 aromatic rings. The van der Waals surface area contributed by atoms with Crippen molar-refractivity contribution in [3.05, 3.63) is 53.0 Å². The molecule has 6 heteroatoms. The van der Waals surface area contributed by atoms with Gasteiger partial charge in [0.05, 0.1) is 12.0 Å². The minimum absolute atomic E-state index is 0.0227. The summed E-state index contributed by atoms with van der Waals surface area (Å²) in [5, 5.41) is 12.2. The van der Waals surface area contributed by atoms with E-state index in [0.29, 0.717) is 31.0 Å². The second kappa shape index (κ2) is 7.75. The maximum atomic E-state index is 12.4. The molecule has 3 heterocycles. The molecule has 1 aromatic carbocycles. The van der Waals surface area contributed by atoms with E-state index in [-0.39, 0.29) is 11.8 Å². The summed E-state index contributed by atoms with van der Waals surface area (Å²) in [5.74, 6) is 1.46. The zero-order chi connectivity index (χ0) is 18.6. The number of nitrogens with zero attached hydrogens (tertiary/aromatic N) is 4. The first-order chi connectivity index (χ1) is 13.2. The van der Waals surface area contributed by atoms with Crippen molar-refractivity contribution >= 4 is 11.7 Å².